The van der Waals surface area contributed by atoms with Crippen LogP contribution in [0.3, 0.4) is 0 Å². The number of imidazole rings is 1. The zero-order valence-corrected chi connectivity index (χ0v) is 20.6. The van der Waals surface area contributed by atoms with Crippen molar-refractivity contribution in [3.63, 3.8) is 0 Å². The number of sulfone groups is 1. The molecule has 174 valence electrons. The quantitative estimate of drug-likeness (QED) is 0.466. The number of aromatic nitrogens is 5. The fourth-order valence-electron chi connectivity index (χ4n) is 3.92. The summed E-state index contributed by atoms with van der Waals surface area (Å²) >= 11 is 1.44. The molecular weight excluding hydrogens is 472 g/mol. The molecule has 1 aliphatic heterocycles. The van der Waals surface area contributed by atoms with Crippen LogP contribution in [0.1, 0.15) is 37.8 Å². The van der Waals surface area contributed by atoms with E-state index in [1.54, 1.807) is 18.2 Å². The molecule has 0 aliphatic carbocycles. The van der Waals surface area contributed by atoms with E-state index in [-0.39, 0.29) is 22.3 Å². The van der Waals surface area contributed by atoms with E-state index in [1.807, 2.05) is 25.5 Å². The van der Waals surface area contributed by atoms with Gasteiger partial charge >= 0.3 is 0 Å². The minimum absolute atomic E-state index is 0.117. The molecule has 32 heavy (non-hydrogen) atoms. The largest absolute Gasteiger partial charge is 0.341 e. The van der Waals surface area contributed by atoms with Crippen molar-refractivity contribution in [1.29, 1.82) is 0 Å². The predicted octanol–water partition coefficient (Wildman–Crippen LogP) is 1.92. The Morgan fingerprint density at radius 2 is 2.00 bits per heavy atom. The standard InChI is InChI=1S/C19H26N6O4S3/c1-4-25(5-2)32(28,29)14-6-7-15-16(10-14)21-17(20-15)11-30-19-23-22-18(24(19)3)13-8-9-31(26,27)12-13/h6-7,10,13H,4-5,8-9,11-12H2,1-3H3,(H,20,21)/t13-/m0/s1. The maximum Gasteiger partial charge on any atom is 0.243 e. The van der Waals surface area contributed by atoms with E-state index in [0.29, 0.717) is 53.1 Å². The first-order valence-corrected chi connectivity index (χ1v) is 14.6. The maximum absolute atomic E-state index is 12.8. The number of sulfonamides is 1. The van der Waals surface area contributed by atoms with E-state index < -0.39 is 19.9 Å². The van der Waals surface area contributed by atoms with Gasteiger partial charge in [-0.2, -0.15) is 4.31 Å². The number of aromatic amines is 1. The molecule has 1 aromatic carbocycles. The van der Waals surface area contributed by atoms with Gasteiger partial charge in [0.2, 0.25) is 10.0 Å². The first-order valence-electron chi connectivity index (χ1n) is 10.4. The molecule has 1 fully saturated rings. The van der Waals surface area contributed by atoms with Crippen LogP contribution in [0.5, 0.6) is 0 Å². The number of H-pyrrole nitrogens is 1. The van der Waals surface area contributed by atoms with Crippen LogP contribution < -0.4 is 0 Å². The summed E-state index contributed by atoms with van der Waals surface area (Å²) in [6, 6.07) is 4.90. The van der Waals surface area contributed by atoms with Crippen molar-refractivity contribution in [2.24, 2.45) is 7.05 Å². The van der Waals surface area contributed by atoms with Gasteiger partial charge in [-0.05, 0) is 24.6 Å². The monoisotopic (exact) mass is 498 g/mol. The van der Waals surface area contributed by atoms with Gasteiger partial charge in [0.1, 0.15) is 11.6 Å². The molecule has 0 unspecified atom stereocenters. The van der Waals surface area contributed by atoms with Crippen LogP contribution in [-0.2, 0) is 32.7 Å². The number of nitrogens with one attached hydrogen (secondary N) is 1. The van der Waals surface area contributed by atoms with Crippen LogP contribution in [-0.4, -0.2) is 70.5 Å². The number of hydrogen-bond donors (Lipinski definition) is 1. The third-order valence-electron chi connectivity index (χ3n) is 5.65. The molecule has 0 radical (unpaired) electrons. The van der Waals surface area contributed by atoms with Gasteiger partial charge in [-0.3, -0.25) is 0 Å². The summed E-state index contributed by atoms with van der Waals surface area (Å²) in [6.45, 7) is 4.45. The highest BCUT2D eigenvalue weighted by atomic mass is 32.2. The fourth-order valence-corrected chi connectivity index (χ4v) is 7.93. The Kier molecular flexibility index (Phi) is 6.36. The summed E-state index contributed by atoms with van der Waals surface area (Å²) in [5.41, 5.74) is 1.34. The summed E-state index contributed by atoms with van der Waals surface area (Å²) < 4.78 is 52.4. The molecule has 2 aromatic heterocycles. The summed E-state index contributed by atoms with van der Waals surface area (Å²) in [5, 5.41) is 9.11. The second-order valence-electron chi connectivity index (χ2n) is 7.74. The molecule has 3 heterocycles. The highest BCUT2D eigenvalue weighted by Crippen LogP contribution is 2.30. The molecule has 1 aliphatic rings. The zero-order chi connectivity index (χ0) is 23.1. The number of benzene rings is 1. The van der Waals surface area contributed by atoms with E-state index in [9.17, 15) is 16.8 Å². The van der Waals surface area contributed by atoms with Crippen molar-refractivity contribution in [2.45, 2.75) is 42.0 Å². The van der Waals surface area contributed by atoms with Gasteiger partial charge in [-0.15, -0.1) is 10.2 Å². The smallest absolute Gasteiger partial charge is 0.243 e. The number of thioether (sulfide) groups is 1. The molecule has 4 rings (SSSR count). The lowest BCUT2D eigenvalue weighted by molar-refractivity contribution is 0.445. The van der Waals surface area contributed by atoms with Crippen LogP contribution in [0.2, 0.25) is 0 Å². The summed E-state index contributed by atoms with van der Waals surface area (Å²) in [7, 11) is -4.70. The van der Waals surface area contributed by atoms with E-state index in [4.69, 9.17) is 0 Å². The minimum Gasteiger partial charge on any atom is -0.341 e. The summed E-state index contributed by atoms with van der Waals surface area (Å²) in [5.74, 6) is 2.05. The minimum atomic E-state index is -3.54. The molecule has 0 bridgehead atoms. The molecule has 3 aromatic rings. The summed E-state index contributed by atoms with van der Waals surface area (Å²) in [6.07, 6.45) is 0.571. The lowest BCUT2D eigenvalue weighted by atomic mass is 10.1. The van der Waals surface area contributed by atoms with Crippen LogP contribution in [0.15, 0.2) is 28.3 Å². The summed E-state index contributed by atoms with van der Waals surface area (Å²) in [4.78, 5) is 7.98. The molecular formula is C19H26N6O4S3. The third kappa shape index (κ3) is 4.43. The first-order chi connectivity index (χ1) is 15.1. The van der Waals surface area contributed by atoms with Gasteiger partial charge in [-0.25, -0.2) is 21.8 Å². The highest BCUT2D eigenvalue weighted by molar-refractivity contribution is 7.98. The number of fused-ring (bicyclic) bond motifs is 1. The second kappa shape index (κ2) is 8.76. The van der Waals surface area contributed by atoms with E-state index in [2.05, 4.69) is 20.2 Å². The lowest BCUT2D eigenvalue weighted by Gasteiger charge is -2.18. The van der Waals surface area contributed by atoms with Gasteiger partial charge in [0.05, 0.1) is 33.2 Å². The van der Waals surface area contributed by atoms with Crippen molar-refractivity contribution in [1.82, 2.24) is 29.0 Å². The van der Waals surface area contributed by atoms with Crippen molar-refractivity contribution in [2.75, 3.05) is 24.6 Å². The molecule has 1 atom stereocenters. The Bertz CT molecular complexity index is 1340. The Morgan fingerprint density at radius 1 is 1.25 bits per heavy atom. The van der Waals surface area contributed by atoms with Gasteiger partial charge in [0.15, 0.2) is 15.0 Å². The van der Waals surface area contributed by atoms with E-state index >= 15 is 0 Å². The SMILES string of the molecule is CCN(CC)S(=O)(=O)c1ccc2nc(CSc3nnc([C@H]4CCS(=O)(=O)C4)n3C)[nH]c2c1. The maximum atomic E-state index is 12.8. The number of rotatable bonds is 8. The van der Waals surface area contributed by atoms with E-state index in [0.717, 1.165) is 0 Å². The molecule has 13 heteroatoms. The average molecular weight is 499 g/mol. The average Bonchev–Trinajstić information content (AvgIpc) is 3.42. The Morgan fingerprint density at radius 3 is 2.66 bits per heavy atom. The zero-order valence-electron chi connectivity index (χ0n) is 18.1. The topological polar surface area (TPSA) is 131 Å². The van der Waals surface area contributed by atoms with E-state index in [1.165, 1.54) is 16.1 Å². The predicted molar refractivity (Wildman–Crippen MR) is 123 cm³/mol. The number of nitrogens with zero attached hydrogens (tertiary/aromatic N) is 5. The Hall–Kier alpha value is -1.96. The molecule has 1 saturated heterocycles. The number of hydrogen-bond acceptors (Lipinski definition) is 8. The second-order valence-corrected chi connectivity index (χ2v) is 12.8. The normalized spacial score (nSPS) is 18.7. The van der Waals surface area contributed by atoms with Gasteiger partial charge in [0.25, 0.3) is 0 Å². The van der Waals surface area contributed by atoms with Crippen LogP contribution in [0.25, 0.3) is 11.0 Å². The van der Waals surface area contributed by atoms with Crippen molar-refractivity contribution in [3.8, 4) is 0 Å². The van der Waals surface area contributed by atoms with Crippen LogP contribution in [0.4, 0.5) is 0 Å². The molecule has 0 saturated carbocycles. The van der Waals surface area contributed by atoms with Gasteiger partial charge in [0, 0.05) is 26.1 Å². The lowest BCUT2D eigenvalue weighted by Crippen LogP contribution is -2.30. The third-order valence-corrected chi connectivity index (χ3v) is 10.5. The molecule has 1 N–H and O–H groups in total. The van der Waals surface area contributed by atoms with Gasteiger partial charge in [-0.1, -0.05) is 25.6 Å². The van der Waals surface area contributed by atoms with Crippen molar-refractivity contribution >= 4 is 42.7 Å². The van der Waals surface area contributed by atoms with Crippen molar-refractivity contribution in [3.05, 3.63) is 29.8 Å². The van der Waals surface area contributed by atoms with Crippen LogP contribution >= 0.6 is 11.8 Å². The molecule has 0 spiro atoms. The fraction of sp³-hybridized carbons (Fsp3) is 0.526. The molecule has 0 amide bonds. The van der Waals surface area contributed by atoms with Crippen molar-refractivity contribution < 1.29 is 16.8 Å². The Labute approximate surface area is 191 Å². The van der Waals surface area contributed by atoms with Gasteiger partial charge < -0.3 is 9.55 Å². The first kappa shape index (κ1) is 23.2. The molecule has 10 nitrogen and oxygen atoms in total. The highest BCUT2D eigenvalue weighted by Gasteiger charge is 2.32. The van der Waals surface area contributed by atoms with Crippen LogP contribution in [0, 0.1) is 0 Å². The Balaban J connectivity index is 1.50.